The monoisotopic (exact) mass is 381 g/mol. The zero-order valence-corrected chi connectivity index (χ0v) is 15.5. The predicted octanol–water partition coefficient (Wildman–Crippen LogP) is 4.89. The highest BCUT2D eigenvalue weighted by Gasteiger charge is 2.39. The lowest BCUT2D eigenvalue weighted by Gasteiger charge is -2.36. The van der Waals surface area contributed by atoms with Gasteiger partial charge in [0, 0.05) is 5.56 Å². The van der Waals surface area contributed by atoms with Crippen LogP contribution in [0, 0.1) is 16.7 Å². The number of carbonyl (C=O) groups excluding carboxylic acids is 1. The topological polar surface area (TPSA) is 65.8 Å². The van der Waals surface area contributed by atoms with E-state index in [2.05, 4.69) is 16.4 Å². The minimum atomic E-state index is -4.40. The van der Waals surface area contributed by atoms with Crippen LogP contribution in [0.3, 0.4) is 0 Å². The van der Waals surface area contributed by atoms with Gasteiger partial charge in [-0.05, 0) is 24.5 Å². The molecule has 2 aromatic rings. The van der Waals surface area contributed by atoms with Gasteiger partial charge >= 0.3 is 6.18 Å². The summed E-state index contributed by atoms with van der Waals surface area (Å²) in [7, 11) is 0. The Morgan fingerprint density at radius 3 is 2.19 bits per heavy atom. The van der Waals surface area contributed by atoms with Crippen LogP contribution in [0.1, 0.15) is 42.9 Å². The number of hydrogen-bond acceptors (Lipinski definition) is 4. The van der Waals surface area contributed by atoms with Crippen molar-refractivity contribution in [2.45, 2.75) is 39.4 Å². The predicted molar refractivity (Wildman–Crippen MR) is 93.5 cm³/mol. The van der Waals surface area contributed by atoms with Gasteiger partial charge in [0.1, 0.15) is 15.4 Å². The number of nitriles is 1. The van der Waals surface area contributed by atoms with E-state index in [0.717, 1.165) is 23.5 Å². The molecule has 1 N–H and O–H groups in total. The molecular weight excluding hydrogens is 363 g/mol. The molecular formula is C18H18F3N3OS. The highest BCUT2D eigenvalue weighted by Crippen LogP contribution is 2.33. The first-order valence-corrected chi connectivity index (χ1v) is 8.56. The molecule has 0 aliphatic carbocycles. The number of hydrogen-bond donors (Lipinski definition) is 1. The largest absolute Gasteiger partial charge is 0.416 e. The molecule has 1 atom stereocenters. The maximum absolute atomic E-state index is 12.6. The Hall–Kier alpha value is -2.40. The number of nitrogens with one attached hydrogen (secondary N) is 1. The first-order chi connectivity index (χ1) is 11.9. The zero-order valence-electron chi connectivity index (χ0n) is 14.7. The Kier molecular flexibility index (Phi) is 5.15. The van der Waals surface area contributed by atoms with E-state index in [9.17, 15) is 23.2 Å². The quantitative estimate of drug-likeness (QED) is 0.823. The van der Waals surface area contributed by atoms with Crippen molar-refractivity contribution < 1.29 is 18.0 Å². The fourth-order valence-electron chi connectivity index (χ4n) is 1.99. The summed E-state index contributed by atoms with van der Waals surface area (Å²) >= 11 is 1.06. The molecule has 26 heavy (non-hydrogen) atoms. The fraction of sp³-hybridized carbons (Fsp3) is 0.389. The van der Waals surface area contributed by atoms with E-state index < -0.39 is 28.6 Å². The van der Waals surface area contributed by atoms with Gasteiger partial charge in [0.15, 0.2) is 0 Å². The summed E-state index contributed by atoms with van der Waals surface area (Å²) in [5.74, 6) is -0.445. The average molecular weight is 381 g/mol. The molecule has 1 unspecified atom stereocenters. The molecule has 0 fully saturated rings. The Morgan fingerprint density at radius 2 is 1.73 bits per heavy atom. The molecule has 1 amide bonds. The number of alkyl halides is 3. The Morgan fingerprint density at radius 1 is 1.15 bits per heavy atom. The molecule has 4 nitrogen and oxygen atoms in total. The van der Waals surface area contributed by atoms with E-state index >= 15 is 0 Å². The lowest BCUT2D eigenvalue weighted by molar-refractivity contribution is -0.137. The molecule has 1 aromatic heterocycles. The molecule has 0 saturated heterocycles. The molecule has 0 aliphatic rings. The maximum Gasteiger partial charge on any atom is 0.416 e. The summed E-state index contributed by atoms with van der Waals surface area (Å²) in [6.07, 6.45) is -3.05. The fourth-order valence-corrected chi connectivity index (χ4v) is 2.80. The number of carbonyl (C=O) groups is 1. The minimum absolute atomic E-state index is 0.283. The average Bonchev–Trinajstić information content (AvgIpc) is 3.03. The van der Waals surface area contributed by atoms with Crippen LogP contribution in [-0.4, -0.2) is 16.4 Å². The SMILES string of the molecule is CC(C)(C)C(C)(C#N)NC(=O)c1cnc(-c2ccc(C(F)(F)F)cc2)s1. The molecule has 0 aliphatic heterocycles. The number of aromatic nitrogens is 1. The summed E-state index contributed by atoms with van der Waals surface area (Å²) < 4.78 is 37.9. The Bertz CT molecular complexity index is 844. The standard InChI is InChI=1S/C18H18F3N3OS/c1-16(2,3)17(4,10-22)24-14(25)13-9-23-15(26-13)11-5-7-12(8-6-11)18(19,20)21/h5-9H,1-4H3,(H,24,25). The van der Waals surface area contributed by atoms with Crippen molar-refractivity contribution in [3.05, 3.63) is 40.9 Å². The molecule has 1 heterocycles. The second kappa shape index (κ2) is 6.72. The summed E-state index contributed by atoms with van der Waals surface area (Å²) in [5, 5.41) is 12.6. The smallest absolute Gasteiger partial charge is 0.333 e. The summed E-state index contributed by atoms with van der Waals surface area (Å²) in [4.78, 5) is 16.8. The molecule has 0 radical (unpaired) electrons. The third-order valence-corrected chi connectivity index (χ3v) is 5.32. The van der Waals surface area contributed by atoms with Crippen molar-refractivity contribution in [1.82, 2.24) is 10.3 Å². The number of amides is 1. The highest BCUT2D eigenvalue weighted by atomic mass is 32.1. The third kappa shape index (κ3) is 4.05. The lowest BCUT2D eigenvalue weighted by Crippen LogP contribution is -2.53. The van der Waals surface area contributed by atoms with Gasteiger partial charge < -0.3 is 5.32 Å². The van der Waals surface area contributed by atoms with E-state index in [1.807, 2.05) is 20.8 Å². The van der Waals surface area contributed by atoms with Crippen molar-refractivity contribution in [1.29, 1.82) is 5.26 Å². The molecule has 1 aromatic carbocycles. The number of rotatable bonds is 3. The van der Waals surface area contributed by atoms with Crippen LogP contribution < -0.4 is 5.32 Å². The van der Waals surface area contributed by atoms with Crippen LogP contribution in [0.5, 0.6) is 0 Å². The second-order valence-corrected chi connectivity index (χ2v) is 8.08. The van der Waals surface area contributed by atoms with Crippen LogP contribution in [0.4, 0.5) is 13.2 Å². The molecule has 0 saturated carbocycles. The molecule has 0 spiro atoms. The van der Waals surface area contributed by atoms with Crippen LogP contribution in [0.2, 0.25) is 0 Å². The van der Waals surface area contributed by atoms with E-state index in [1.165, 1.54) is 18.3 Å². The van der Waals surface area contributed by atoms with Gasteiger partial charge in [0.25, 0.3) is 5.91 Å². The Balaban J connectivity index is 2.22. The van der Waals surface area contributed by atoms with E-state index in [1.54, 1.807) is 6.92 Å². The zero-order chi connectivity index (χ0) is 19.8. The van der Waals surface area contributed by atoms with Crippen molar-refractivity contribution in [2.75, 3.05) is 0 Å². The third-order valence-electron chi connectivity index (χ3n) is 4.28. The molecule has 0 bridgehead atoms. The van der Waals surface area contributed by atoms with Crippen LogP contribution in [0.15, 0.2) is 30.5 Å². The van der Waals surface area contributed by atoms with Crippen LogP contribution >= 0.6 is 11.3 Å². The van der Waals surface area contributed by atoms with Crippen molar-refractivity contribution in [3.63, 3.8) is 0 Å². The van der Waals surface area contributed by atoms with E-state index in [4.69, 9.17) is 0 Å². The minimum Gasteiger partial charge on any atom is -0.333 e. The first-order valence-electron chi connectivity index (χ1n) is 7.74. The highest BCUT2D eigenvalue weighted by molar-refractivity contribution is 7.16. The van der Waals surface area contributed by atoms with Crippen molar-refractivity contribution >= 4 is 17.2 Å². The lowest BCUT2D eigenvalue weighted by atomic mass is 9.76. The van der Waals surface area contributed by atoms with E-state index in [-0.39, 0.29) is 4.88 Å². The normalized spacial score (nSPS) is 14.4. The van der Waals surface area contributed by atoms with Gasteiger partial charge in [-0.15, -0.1) is 11.3 Å². The van der Waals surface area contributed by atoms with Gasteiger partial charge in [-0.2, -0.15) is 18.4 Å². The molecule has 2 rings (SSSR count). The first kappa shape index (κ1) is 19.9. The number of thiazole rings is 1. The number of benzene rings is 1. The number of halogens is 3. The summed E-state index contributed by atoms with van der Waals surface area (Å²) in [6.45, 7) is 7.17. The van der Waals surface area contributed by atoms with Gasteiger partial charge in [-0.3, -0.25) is 4.79 Å². The second-order valence-electron chi connectivity index (χ2n) is 7.05. The van der Waals surface area contributed by atoms with Crippen LogP contribution in [-0.2, 0) is 6.18 Å². The van der Waals surface area contributed by atoms with Gasteiger partial charge in [0.05, 0.1) is 17.8 Å². The molecule has 8 heteroatoms. The van der Waals surface area contributed by atoms with Gasteiger partial charge in [0.2, 0.25) is 0 Å². The van der Waals surface area contributed by atoms with Crippen LogP contribution in [0.25, 0.3) is 10.6 Å². The van der Waals surface area contributed by atoms with Gasteiger partial charge in [-0.1, -0.05) is 32.9 Å². The van der Waals surface area contributed by atoms with Crippen molar-refractivity contribution in [3.8, 4) is 16.6 Å². The van der Waals surface area contributed by atoms with Gasteiger partial charge in [-0.25, -0.2) is 4.98 Å². The summed E-state index contributed by atoms with van der Waals surface area (Å²) in [5.41, 5.74) is -1.83. The van der Waals surface area contributed by atoms with E-state index in [0.29, 0.717) is 10.6 Å². The summed E-state index contributed by atoms with van der Waals surface area (Å²) in [6, 6.07) is 6.71. The number of nitrogens with zero attached hydrogens (tertiary/aromatic N) is 2. The maximum atomic E-state index is 12.6. The Labute approximate surface area is 153 Å². The van der Waals surface area contributed by atoms with Crippen molar-refractivity contribution in [2.24, 2.45) is 5.41 Å². The molecule has 138 valence electrons.